The van der Waals surface area contributed by atoms with Gasteiger partial charge in [0.25, 0.3) is 5.78 Å². The van der Waals surface area contributed by atoms with Crippen molar-refractivity contribution in [1.82, 2.24) is 24.1 Å². The number of benzene rings is 1. The third-order valence-corrected chi connectivity index (χ3v) is 4.24. The average Bonchev–Trinajstić information content (AvgIpc) is 2.85. The van der Waals surface area contributed by atoms with Crippen LogP contribution in [0.3, 0.4) is 0 Å². The molecular formula is C18H23N5OS. The normalized spacial score (nSPS) is 11.4. The van der Waals surface area contributed by atoms with Crippen LogP contribution in [0.15, 0.2) is 30.3 Å². The number of fused-ring (bicyclic) bond motifs is 1. The van der Waals surface area contributed by atoms with Crippen molar-refractivity contribution in [3.05, 3.63) is 52.1 Å². The molecule has 25 heavy (non-hydrogen) atoms. The van der Waals surface area contributed by atoms with E-state index in [1.807, 2.05) is 48.2 Å². The molecule has 0 unspecified atom stereocenters. The fourth-order valence-electron chi connectivity index (χ4n) is 2.93. The molecule has 0 saturated carbocycles. The largest absolute Gasteiger partial charge is 0.494 e. The molecule has 1 aromatic carbocycles. The van der Waals surface area contributed by atoms with E-state index in [-0.39, 0.29) is 0 Å². The molecule has 3 aromatic rings. The Labute approximate surface area is 152 Å². The van der Waals surface area contributed by atoms with Gasteiger partial charge in [-0.3, -0.25) is 4.90 Å². The van der Waals surface area contributed by atoms with Gasteiger partial charge in [0.15, 0.2) is 0 Å². The quantitative estimate of drug-likeness (QED) is 0.633. The van der Waals surface area contributed by atoms with E-state index < -0.39 is 0 Å². The monoisotopic (exact) mass is 357 g/mol. The van der Waals surface area contributed by atoms with Gasteiger partial charge < -0.3 is 4.74 Å². The molecule has 3 rings (SSSR count). The highest BCUT2D eigenvalue weighted by Gasteiger charge is 2.11. The predicted octanol–water partition coefficient (Wildman–Crippen LogP) is 3.37. The van der Waals surface area contributed by atoms with Gasteiger partial charge in [0, 0.05) is 17.9 Å². The molecule has 0 saturated heterocycles. The first-order valence-corrected chi connectivity index (χ1v) is 8.73. The number of aromatic nitrogens is 4. The Kier molecular flexibility index (Phi) is 5.15. The van der Waals surface area contributed by atoms with Crippen molar-refractivity contribution in [2.24, 2.45) is 0 Å². The summed E-state index contributed by atoms with van der Waals surface area (Å²) in [4.78, 5) is 11.1. The molecule has 132 valence electrons. The molecule has 0 N–H and O–H groups in total. The van der Waals surface area contributed by atoms with Gasteiger partial charge in [0.1, 0.15) is 5.75 Å². The highest BCUT2D eigenvalue weighted by molar-refractivity contribution is 7.71. The van der Waals surface area contributed by atoms with Crippen molar-refractivity contribution in [3.63, 3.8) is 0 Å². The fraction of sp³-hybridized carbons (Fsp3) is 0.389. The minimum Gasteiger partial charge on any atom is -0.494 e. The number of hydrogen-bond donors (Lipinski definition) is 0. The van der Waals surface area contributed by atoms with Crippen LogP contribution in [0.2, 0.25) is 0 Å². The van der Waals surface area contributed by atoms with E-state index in [1.165, 1.54) is 5.56 Å². The summed E-state index contributed by atoms with van der Waals surface area (Å²) in [6.07, 6.45) is 0. The van der Waals surface area contributed by atoms with Gasteiger partial charge in [-0.1, -0.05) is 12.1 Å². The van der Waals surface area contributed by atoms with E-state index in [4.69, 9.17) is 17.0 Å². The van der Waals surface area contributed by atoms with Crippen LogP contribution in [0, 0.1) is 18.6 Å². The minimum absolute atomic E-state index is 0.541. The van der Waals surface area contributed by atoms with Gasteiger partial charge in [-0.15, -0.1) is 0 Å². The van der Waals surface area contributed by atoms with Crippen molar-refractivity contribution in [1.29, 1.82) is 0 Å². The maximum atomic E-state index is 5.49. The first kappa shape index (κ1) is 17.6. The second-order valence-electron chi connectivity index (χ2n) is 6.18. The van der Waals surface area contributed by atoms with Gasteiger partial charge in [0.05, 0.1) is 13.3 Å². The second-order valence-corrected chi connectivity index (χ2v) is 6.54. The Morgan fingerprint density at radius 2 is 1.88 bits per heavy atom. The van der Waals surface area contributed by atoms with Crippen LogP contribution in [0.4, 0.5) is 0 Å². The van der Waals surface area contributed by atoms with Crippen molar-refractivity contribution < 1.29 is 4.74 Å². The lowest BCUT2D eigenvalue weighted by molar-refractivity contribution is 0.238. The lowest BCUT2D eigenvalue weighted by Gasteiger charge is -2.19. The number of aryl methyl sites for hydroxylation is 2. The maximum Gasteiger partial charge on any atom is 0.252 e. The zero-order chi connectivity index (χ0) is 18.0. The first-order valence-electron chi connectivity index (χ1n) is 8.32. The van der Waals surface area contributed by atoms with E-state index in [9.17, 15) is 0 Å². The lowest BCUT2D eigenvalue weighted by Crippen LogP contribution is -2.24. The number of nitrogens with zero attached hydrogens (tertiary/aromatic N) is 5. The third kappa shape index (κ3) is 3.88. The predicted molar refractivity (Wildman–Crippen MR) is 100 cm³/mol. The molecule has 0 fully saturated rings. The van der Waals surface area contributed by atoms with E-state index in [0.717, 1.165) is 23.7 Å². The summed E-state index contributed by atoms with van der Waals surface area (Å²) in [5.41, 5.74) is 3.23. The Morgan fingerprint density at radius 3 is 2.56 bits per heavy atom. The van der Waals surface area contributed by atoms with Crippen LogP contribution in [0.5, 0.6) is 5.75 Å². The third-order valence-electron chi connectivity index (χ3n) is 3.94. The standard InChI is InChI=1S/C18H23N5OS/c1-5-24-16-8-6-15(7-9-16)11-21(4)12-22-18(25)20-17-19-13(2)10-14(3)23(17)22/h6-10H,5,11-12H2,1-4H3. The Bertz CT molecular complexity index is 929. The molecule has 0 atom stereocenters. The molecule has 0 amide bonds. The van der Waals surface area contributed by atoms with Crippen molar-refractivity contribution in [2.75, 3.05) is 13.7 Å². The molecule has 0 radical (unpaired) electrons. The summed E-state index contributed by atoms with van der Waals surface area (Å²) < 4.78 is 9.98. The zero-order valence-electron chi connectivity index (χ0n) is 15.1. The number of hydrogen-bond acceptors (Lipinski definition) is 5. The minimum atomic E-state index is 0.541. The second kappa shape index (κ2) is 7.33. The van der Waals surface area contributed by atoms with Gasteiger partial charge in [-0.2, -0.15) is 4.98 Å². The molecule has 0 aliphatic rings. The number of ether oxygens (including phenoxy) is 1. The molecule has 0 spiro atoms. The van der Waals surface area contributed by atoms with Gasteiger partial charge >= 0.3 is 0 Å². The van der Waals surface area contributed by atoms with Crippen molar-refractivity contribution in [2.45, 2.75) is 34.0 Å². The molecule has 2 aromatic heterocycles. The Morgan fingerprint density at radius 1 is 1.16 bits per heavy atom. The molecular weight excluding hydrogens is 334 g/mol. The molecule has 0 bridgehead atoms. The van der Waals surface area contributed by atoms with E-state index in [2.05, 4.69) is 34.0 Å². The van der Waals surface area contributed by atoms with Crippen LogP contribution < -0.4 is 4.74 Å². The van der Waals surface area contributed by atoms with Crippen LogP contribution in [0.25, 0.3) is 5.78 Å². The first-order chi connectivity index (χ1) is 12.0. The topological polar surface area (TPSA) is 47.6 Å². The highest BCUT2D eigenvalue weighted by atomic mass is 32.1. The summed E-state index contributed by atoms with van der Waals surface area (Å²) in [7, 11) is 2.06. The lowest BCUT2D eigenvalue weighted by atomic mass is 10.2. The van der Waals surface area contributed by atoms with Crippen LogP contribution in [-0.2, 0) is 13.2 Å². The summed E-state index contributed by atoms with van der Waals surface area (Å²) in [6.45, 7) is 8.12. The summed E-state index contributed by atoms with van der Waals surface area (Å²) in [5, 5.41) is 0. The average molecular weight is 357 g/mol. The van der Waals surface area contributed by atoms with Crippen LogP contribution in [0.1, 0.15) is 23.9 Å². The Hall–Kier alpha value is -2.25. The molecule has 0 aliphatic carbocycles. The molecule has 6 nitrogen and oxygen atoms in total. The van der Waals surface area contributed by atoms with E-state index in [1.54, 1.807) is 0 Å². The van der Waals surface area contributed by atoms with E-state index in [0.29, 0.717) is 23.8 Å². The molecule has 7 heteroatoms. The molecule has 0 aliphatic heterocycles. The Balaban J connectivity index is 1.79. The van der Waals surface area contributed by atoms with Gasteiger partial charge in [-0.05, 0) is 63.8 Å². The fourth-order valence-corrected chi connectivity index (χ4v) is 3.15. The SMILES string of the molecule is CCOc1ccc(CN(C)Cn2c(=S)nc3nc(C)cc(C)n32)cc1. The number of rotatable bonds is 6. The van der Waals surface area contributed by atoms with E-state index >= 15 is 0 Å². The van der Waals surface area contributed by atoms with Crippen molar-refractivity contribution >= 4 is 18.0 Å². The van der Waals surface area contributed by atoms with Crippen molar-refractivity contribution in [3.8, 4) is 5.75 Å². The van der Waals surface area contributed by atoms with Crippen LogP contribution >= 0.6 is 12.2 Å². The van der Waals surface area contributed by atoms with Gasteiger partial charge in [0.2, 0.25) is 4.77 Å². The maximum absolute atomic E-state index is 5.49. The summed E-state index contributed by atoms with van der Waals surface area (Å²) in [6, 6.07) is 10.2. The summed E-state index contributed by atoms with van der Waals surface area (Å²) in [5.74, 6) is 1.55. The van der Waals surface area contributed by atoms with Gasteiger partial charge in [-0.25, -0.2) is 14.2 Å². The summed E-state index contributed by atoms with van der Waals surface area (Å²) >= 11 is 5.43. The van der Waals surface area contributed by atoms with Crippen LogP contribution in [-0.4, -0.2) is 37.7 Å². The smallest absolute Gasteiger partial charge is 0.252 e. The zero-order valence-corrected chi connectivity index (χ0v) is 15.9. The highest BCUT2D eigenvalue weighted by Crippen LogP contribution is 2.14. The molecule has 2 heterocycles.